The standard InChI is InChI=1S/C51H55N3/c1-48(2,3)34-19-20-44-42(28-34)43-30-37(51(10,11)12)29-41(46(43)53-44)33-22-31(23-35(25-33)49(4,5)6)32-24-36(50(7,8)9)27-38(26-32)54-45-18-14-13-16-39(45)40-17-15-21-52-47(40)54/h13-30,53H,1-12H3. The fourth-order valence-electron chi connectivity index (χ4n) is 7.91. The second kappa shape index (κ2) is 12.2. The highest BCUT2D eigenvalue weighted by atomic mass is 15.0. The summed E-state index contributed by atoms with van der Waals surface area (Å²) in [4.78, 5) is 8.84. The van der Waals surface area contributed by atoms with Gasteiger partial charge in [0.2, 0.25) is 0 Å². The molecule has 3 heteroatoms. The molecular formula is C51H55N3. The van der Waals surface area contributed by atoms with Gasteiger partial charge in [-0.15, -0.1) is 0 Å². The van der Waals surface area contributed by atoms with E-state index in [0.717, 1.165) is 11.3 Å². The highest BCUT2D eigenvalue weighted by Gasteiger charge is 2.25. The maximum Gasteiger partial charge on any atom is 0.145 e. The summed E-state index contributed by atoms with van der Waals surface area (Å²) < 4.78 is 2.35. The summed E-state index contributed by atoms with van der Waals surface area (Å²) in [6.07, 6.45) is 1.91. The van der Waals surface area contributed by atoms with E-state index in [1.807, 2.05) is 12.3 Å². The molecule has 274 valence electrons. The number of rotatable bonds is 3. The minimum atomic E-state index is -0.0646. The minimum absolute atomic E-state index is 0.0229. The molecular weight excluding hydrogens is 655 g/mol. The van der Waals surface area contributed by atoms with Crippen molar-refractivity contribution in [1.82, 2.24) is 14.5 Å². The highest BCUT2D eigenvalue weighted by molar-refractivity contribution is 6.13. The number of nitrogens with one attached hydrogen (secondary N) is 1. The van der Waals surface area contributed by atoms with Crippen LogP contribution in [0.3, 0.4) is 0 Å². The summed E-state index contributed by atoms with van der Waals surface area (Å²) in [7, 11) is 0. The first-order chi connectivity index (χ1) is 25.3. The highest BCUT2D eigenvalue weighted by Crippen LogP contribution is 2.43. The summed E-state index contributed by atoms with van der Waals surface area (Å²) in [6.45, 7) is 27.8. The van der Waals surface area contributed by atoms with Gasteiger partial charge in [-0.2, -0.15) is 0 Å². The molecule has 0 unspecified atom stereocenters. The number of aromatic amines is 1. The molecule has 0 spiro atoms. The fourth-order valence-corrected chi connectivity index (χ4v) is 7.91. The smallest absolute Gasteiger partial charge is 0.145 e. The van der Waals surface area contributed by atoms with E-state index in [4.69, 9.17) is 4.98 Å². The van der Waals surface area contributed by atoms with Gasteiger partial charge in [0, 0.05) is 44.5 Å². The van der Waals surface area contributed by atoms with Gasteiger partial charge in [-0.05, 0) is 121 Å². The number of fused-ring (bicyclic) bond motifs is 6. The van der Waals surface area contributed by atoms with Gasteiger partial charge in [-0.25, -0.2) is 4.98 Å². The van der Waals surface area contributed by atoms with Crippen molar-refractivity contribution in [1.29, 1.82) is 0 Å². The second-order valence-electron chi connectivity index (χ2n) is 19.6. The van der Waals surface area contributed by atoms with Crippen LogP contribution in [0.5, 0.6) is 0 Å². The van der Waals surface area contributed by atoms with Crippen molar-refractivity contribution >= 4 is 43.7 Å². The molecule has 54 heavy (non-hydrogen) atoms. The number of hydrogen-bond donors (Lipinski definition) is 1. The van der Waals surface area contributed by atoms with Gasteiger partial charge >= 0.3 is 0 Å². The van der Waals surface area contributed by atoms with Gasteiger partial charge in [0.05, 0.1) is 11.0 Å². The van der Waals surface area contributed by atoms with Crippen molar-refractivity contribution < 1.29 is 0 Å². The van der Waals surface area contributed by atoms with Crippen LogP contribution < -0.4 is 0 Å². The number of para-hydroxylation sites is 1. The molecule has 0 saturated carbocycles. The molecule has 0 aliphatic heterocycles. The zero-order valence-electron chi connectivity index (χ0n) is 34.3. The van der Waals surface area contributed by atoms with Gasteiger partial charge in [-0.3, -0.25) is 4.57 Å². The Hall–Kier alpha value is -5.15. The summed E-state index contributed by atoms with van der Waals surface area (Å²) in [5, 5.41) is 4.97. The van der Waals surface area contributed by atoms with Crippen molar-refractivity contribution in [3.63, 3.8) is 0 Å². The average molecular weight is 710 g/mol. The van der Waals surface area contributed by atoms with Crippen molar-refractivity contribution in [2.75, 3.05) is 0 Å². The first-order valence-corrected chi connectivity index (χ1v) is 19.5. The third-order valence-electron chi connectivity index (χ3n) is 11.4. The van der Waals surface area contributed by atoms with E-state index in [2.05, 4.69) is 190 Å². The molecule has 8 aromatic rings. The normalized spacial score (nSPS) is 13.2. The van der Waals surface area contributed by atoms with Crippen LogP contribution in [0.15, 0.2) is 109 Å². The maximum atomic E-state index is 4.94. The molecule has 0 atom stereocenters. The zero-order chi connectivity index (χ0) is 38.5. The van der Waals surface area contributed by atoms with E-state index in [0.29, 0.717) is 0 Å². The van der Waals surface area contributed by atoms with Crippen LogP contribution >= 0.6 is 0 Å². The van der Waals surface area contributed by atoms with Crippen LogP contribution in [-0.2, 0) is 21.7 Å². The van der Waals surface area contributed by atoms with Gasteiger partial charge in [0.1, 0.15) is 5.65 Å². The Morgan fingerprint density at radius 2 is 1.04 bits per heavy atom. The molecule has 0 radical (unpaired) electrons. The van der Waals surface area contributed by atoms with E-state index in [1.54, 1.807) is 0 Å². The van der Waals surface area contributed by atoms with Crippen molar-refractivity contribution in [3.8, 4) is 27.9 Å². The first-order valence-electron chi connectivity index (χ1n) is 19.5. The maximum absolute atomic E-state index is 4.94. The molecule has 3 heterocycles. The summed E-state index contributed by atoms with van der Waals surface area (Å²) in [6, 6.07) is 39.2. The first kappa shape index (κ1) is 35.9. The number of hydrogen-bond acceptors (Lipinski definition) is 1. The van der Waals surface area contributed by atoms with E-state index in [1.165, 1.54) is 82.6 Å². The Labute approximate surface area is 321 Å². The number of aromatic nitrogens is 3. The molecule has 3 aromatic heterocycles. The van der Waals surface area contributed by atoms with Crippen LogP contribution in [0, 0.1) is 0 Å². The van der Waals surface area contributed by atoms with Crippen LogP contribution in [0.25, 0.3) is 71.7 Å². The number of H-pyrrole nitrogens is 1. The monoisotopic (exact) mass is 709 g/mol. The number of nitrogens with zero attached hydrogens (tertiary/aromatic N) is 2. The summed E-state index contributed by atoms with van der Waals surface area (Å²) >= 11 is 0. The molecule has 5 aromatic carbocycles. The molecule has 0 saturated heterocycles. The van der Waals surface area contributed by atoms with Crippen LogP contribution in [0.1, 0.15) is 105 Å². The lowest BCUT2D eigenvalue weighted by Crippen LogP contribution is -2.13. The molecule has 1 N–H and O–H groups in total. The quantitative estimate of drug-likeness (QED) is 0.195. The van der Waals surface area contributed by atoms with Gasteiger partial charge < -0.3 is 4.98 Å². The molecule has 3 nitrogen and oxygen atoms in total. The van der Waals surface area contributed by atoms with E-state index >= 15 is 0 Å². The summed E-state index contributed by atoms with van der Waals surface area (Å²) in [5.74, 6) is 0. The van der Waals surface area contributed by atoms with Gasteiger partial charge in [-0.1, -0.05) is 126 Å². The molecule has 8 rings (SSSR count). The molecule has 0 bridgehead atoms. The number of pyridine rings is 1. The Bertz CT molecular complexity index is 2690. The van der Waals surface area contributed by atoms with E-state index in [9.17, 15) is 0 Å². The molecule has 0 aliphatic carbocycles. The van der Waals surface area contributed by atoms with Crippen molar-refractivity contribution in [2.24, 2.45) is 0 Å². The van der Waals surface area contributed by atoms with Gasteiger partial charge in [0.15, 0.2) is 0 Å². The van der Waals surface area contributed by atoms with Crippen LogP contribution in [0.4, 0.5) is 0 Å². The second-order valence-corrected chi connectivity index (χ2v) is 19.6. The number of benzene rings is 5. The molecule has 0 aliphatic rings. The predicted molar refractivity (Wildman–Crippen MR) is 234 cm³/mol. The third kappa shape index (κ3) is 6.22. The molecule has 0 fully saturated rings. The topological polar surface area (TPSA) is 33.6 Å². The SMILES string of the molecule is CC(C)(C)c1cc(-c2cc(-n3c4ccccc4c4cccnc43)cc(C(C)(C)C)c2)cc(-c2cc(C(C)(C)C)cc3c2[nH]c2ccc(C(C)(C)C)cc23)c1. The summed E-state index contributed by atoms with van der Waals surface area (Å²) in [5.41, 5.74) is 15.8. The predicted octanol–water partition coefficient (Wildman–Crippen LogP) is 14.3. The minimum Gasteiger partial charge on any atom is -0.354 e. The third-order valence-corrected chi connectivity index (χ3v) is 11.4. The Morgan fingerprint density at radius 1 is 0.463 bits per heavy atom. The largest absolute Gasteiger partial charge is 0.354 e. The lowest BCUT2D eigenvalue weighted by atomic mass is 9.80. The van der Waals surface area contributed by atoms with Crippen molar-refractivity contribution in [3.05, 3.63) is 132 Å². The Balaban J connectivity index is 1.42. The average Bonchev–Trinajstić information content (AvgIpc) is 3.65. The van der Waals surface area contributed by atoms with E-state index < -0.39 is 0 Å². The molecule has 0 amide bonds. The zero-order valence-corrected chi connectivity index (χ0v) is 34.3. The van der Waals surface area contributed by atoms with Gasteiger partial charge in [0.25, 0.3) is 0 Å². The fraction of sp³-hybridized carbons (Fsp3) is 0.314. The van der Waals surface area contributed by atoms with Crippen molar-refractivity contribution in [2.45, 2.75) is 105 Å². The lowest BCUT2D eigenvalue weighted by molar-refractivity contribution is 0.589. The lowest BCUT2D eigenvalue weighted by Gasteiger charge is -2.25. The Kier molecular flexibility index (Phi) is 8.09. The Morgan fingerprint density at radius 3 is 1.72 bits per heavy atom. The van der Waals surface area contributed by atoms with E-state index in [-0.39, 0.29) is 21.7 Å². The van der Waals surface area contributed by atoms with Crippen LogP contribution in [0.2, 0.25) is 0 Å². The van der Waals surface area contributed by atoms with Crippen LogP contribution in [-0.4, -0.2) is 14.5 Å².